The van der Waals surface area contributed by atoms with E-state index in [2.05, 4.69) is 0 Å². The second kappa shape index (κ2) is 3.00. The quantitative estimate of drug-likeness (QED) is 0.741. The van der Waals surface area contributed by atoms with Crippen molar-refractivity contribution in [1.29, 1.82) is 0 Å². The van der Waals surface area contributed by atoms with E-state index in [4.69, 9.17) is 5.73 Å². The van der Waals surface area contributed by atoms with E-state index in [0.29, 0.717) is 0 Å². The average molecular weight is 178 g/mol. The topological polar surface area (TPSA) is 48.0 Å². The van der Waals surface area contributed by atoms with Crippen molar-refractivity contribution in [1.82, 2.24) is 4.57 Å². The van der Waals surface area contributed by atoms with Gasteiger partial charge in [-0.25, -0.2) is 0 Å². The van der Waals surface area contributed by atoms with Crippen LogP contribution in [0.15, 0.2) is 29.2 Å². The number of aromatic nitrogens is 1. The molecule has 2 N–H and O–H groups in total. The first-order chi connectivity index (χ1) is 6.20. The molecule has 1 fully saturated rings. The zero-order valence-corrected chi connectivity index (χ0v) is 7.57. The Labute approximate surface area is 77.2 Å². The Hall–Kier alpha value is -1.09. The molecule has 0 amide bonds. The molecule has 1 aliphatic carbocycles. The first-order valence-electron chi connectivity index (χ1n) is 4.64. The van der Waals surface area contributed by atoms with Gasteiger partial charge >= 0.3 is 0 Å². The van der Waals surface area contributed by atoms with Crippen LogP contribution in [0, 0.1) is 0 Å². The van der Waals surface area contributed by atoms with Gasteiger partial charge in [0.2, 0.25) is 5.56 Å². The smallest absolute Gasteiger partial charge is 0.250 e. The highest BCUT2D eigenvalue weighted by Gasteiger charge is 2.37. The summed E-state index contributed by atoms with van der Waals surface area (Å²) in [5.41, 5.74) is 6.03. The zero-order valence-electron chi connectivity index (χ0n) is 7.57. The normalized spacial score (nSPS) is 18.5. The van der Waals surface area contributed by atoms with Crippen LogP contribution in [-0.2, 0) is 6.54 Å². The van der Waals surface area contributed by atoms with Gasteiger partial charge in [0.15, 0.2) is 0 Å². The minimum atomic E-state index is 0.0370. The molecule has 0 spiro atoms. The lowest BCUT2D eigenvalue weighted by molar-refractivity contribution is 0.524. The van der Waals surface area contributed by atoms with E-state index in [0.717, 1.165) is 25.8 Å². The van der Waals surface area contributed by atoms with Gasteiger partial charge < -0.3 is 10.3 Å². The fraction of sp³-hybridized carbons (Fsp3) is 0.500. The minimum absolute atomic E-state index is 0.0370. The van der Waals surface area contributed by atoms with E-state index in [1.807, 2.05) is 12.3 Å². The summed E-state index contributed by atoms with van der Waals surface area (Å²) in [6, 6.07) is 5.21. The molecular formula is C10H14N2O. The number of aryl methyl sites for hydroxylation is 1. The number of hydrogen-bond acceptors (Lipinski definition) is 2. The molecule has 1 heterocycles. The lowest BCUT2D eigenvalue weighted by Crippen LogP contribution is -2.27. The van der Waals surface area contributed by atoms with E-state index >= 15 is 0 Å². The summed E-state index contributed by atoms with van der Waals surface area (Å²) in [6.07, 6.45) is 4.94. The van der Waals surface area contributed by atoms with Crippen LogP contribution in [0.25, 0.3) is 0 Å². The number of pyridine rings is 1. The Morgan fingerprint density at radius 3 is 2.85 bits per heavy atom. The van der Waals surface area contributed by atoms with Gasteiger partial charge in [-0.05, 0) is 25.3 Å². The van der Waals surface area contributed by atoms with Gasteiger partial charge in [-0.2, -0.15) is 0 Å². The van der Waals surface area contributed by atoms with Gasteiger partial charge in [0, 0.05) is 24.3 Å². The third kappa shape index (κ3) is 1.98. The number of rotatable bonds is 3. The van der Waals surface area contributed by atoms with Crippen molar-refractivity contribution in [2.24, 2.45) is 5.73 Å². The molecule has 0 radical (unpaired) electrons. The summed E-state index contributed by atoms with van der Waals surface area (Å²) >= 11 is 0. The van der Waals surface area contributed by atoms with Crippen molar-refractivity contribution >= 4 is 0 Å². The van der Waals surface area contributed by atoms with Gasteiger partial charge in [0.25, 0.3) is 0 Å². The van der Waals surface area contributed by atoms with E-state index in [9.17, 15) is 4.79 Å². The molecule has 13 heavy (non-hydrogen) atoms. The Balaban J connectivity index is 2.02. The lowest BCUT2D eigenvalue weighted by atomic mass is 10.2. The second-order valence-corrected chi connectivity index (χ2v) is 3.84. The molecule has 0 saturated heterocycles. The maximum absolute atomic E-state index is 11.3. The van der Waals surface area contributed by atoms with Crippen LogP contribution in [-0.4, -0.2) is 10.1 Å². The maximum atomic E-state index is 11.3. The number of nitrogens with zero attached hydrogens (tertiary/aromatic N) is 1. The van der Waals surface area contributed by atoms with Crippen molar-refractivity contribution < 1.29 is 0 Å². The third-order valence-corrected chi connectivity index (χ3v) is 2.64. The van der Waals surface area contributed by atoms with Crippen molar-refractivity contribution in [3.63, 3.8) is 0 Å². The highest BCUT2D eigenvalue weighted by Crippen LogP contribution is 2.35. The summed E-state index contributed by atoms with van der Waals surface area (Å²) in [7, 11) is 0. The van der Waals surface area contributed by atoms with Gasteiger partial charge in [0.05, 0.1) is 0 Å². The van der Waals surface area contributed by atoms with Crippen LogP contribution in [0.4, 0.5) is 0 Å². The van der Waals surface area contributed by atoms with Gasteiger partial charge in [0.1, 0.15) is 0 Å². The van der Waals surface area contributed by atoms with E-state index in [1.165, 1.54) is 0 Å². The SMILES string of the molecule is NC1(CCn2ccccc2=O)CC1. The van der Waals surface area contributed by atoms with Crippen LogP contribution >= 0.6 is 0 Å². The van der Waals surface area contributed by atoms with Gasteiger partial charge in [-0.15, -0.1) is 0 Å². The maximum Gasteiger partial charge on any atom is 0.250 e. The fourth-order valence-corrected chi connectivity index (χ4v) is 1.40. The Morgan fingerprint density at radius 2 is 2.23 bits per heavy atom. The molecule has 1 aliphatic rings. The molecule has 2 rings (SSSR count). The standard InChI is InChI=1S/C10H14N2O/c11-10(4-5-10)6-8-12-7-2-1-3-9(12)13/h1-3,7H,4-6,8,11H2. The molecule has 3 nitrogen and oxygen atoms in total. The second-order valence-electron chi connectivity index (χ2n) is 3.84. The average Bonchev–Trinajstić information content (AvgIpc) is 2.83. The Kier molecular flexibility index (Phi) is 1.96. The fourth-order valence-electron chi connectivity index (χ4n) is 1.40. The summed E-state index contributed by atoms with van der Waals surface area (Å²) in [4.78, 5) is 11.3. The van der Waals surface area contributed by atoms with Crippen molar-refractivity contribution in [2.45, 2.75) is 31.3 Å². The summed E-state index contributed by atoms with van der Waals surface area (Å²) in [5.74, 6) is 0. The Morgan fingerprint density at radius 1 is 1.46 bits per heavy atom. The molecule has 3 heteroatoms. The third-order valence-electron chi connectivity index (χ3n) is 2.64. The van der Waals surface area contributed by atoms with Crippen LogP contribution in [0.3, 0.4) is 0 Å². The highest BCUT2D eigenvalue weighted by atomic mass is 16.1. The first kappa shape index (κ1) is 8.51. The zero-order chi connectivity index (χ0) is 9.31. The highest BCUT2D eigenvalue weighted by molar-refractivity contribution is 4.99. The monoisotopic (exact) mass is 178 g/mol. The molecule has 0 aliphatic heterocycles. The molecular weight excluding hydrogens is 164 g/mol. The number of hydrogen-bond donors (Lipinski definition) is 1. The molecule has 1 aromatic heterocycles. The molecule has 1 aromatic rings. The first-order valence-corrected chi connectivity index (χ1v) is 4.64. The summed E-state index contributed by atoms with van der Waals surface area (Å²) < 4.78 is 1.72. The number of nitrogens with two attached hydrogens (primary N) is 1. The van der Waals surface area contributed by atoms with E-state index in [-0.39, 0.29) is 11.1 Å². The predicted octanol–water partition coefficient (Wildman–Crippen LogP) is 0.730. The molecule has 0 atom stereocenters. The van der Waals surface area contributed by atoms with E-state index < -0.39 is 0 Å². The molecule has 0 unspecified atom stereocenters. The summed E-state index contributed by atoms with van der Waals surface area (Å²) in [5, 5.41) is 0. The minimum Gasteiger partial charge on any atom is -0.325 e. The van der Waals surface area contributed by atoms with E-state index in [1.54, 1.807) is 16.7 Å². The lowest BCUT2D eigenvalue weighted by Gasteiger charge is -2.09. The molecule has 0 aromatic carbocycles. The summed E-state index contributed by atoms with van der Waals surface area (Å²) in [6.45, 7) is 0.746. The van der Waals surface area contributed by atoms with Crippen LogP contribution < -0.4 is 11.3 Å². The van der Waals surface area contributed by atoms with Crippen molar-refractivity contribution in [2.75, 3.05) is 0 Å². The molecule has 1 saturated carbocycles. The van der Waals surface area contributed by atoms with Crippen LogP contribution in [0.1, 0.15) is 19.3 Å². The molecule has 70 valence electrons. The Bertz CT molecular complexity index is 352. The van der Waals surface area contributed by atoms with Gasteiger partial charge in [-0.1, -0.05) is 6.07 Å². The van der Waals surface area contributed by atoms with Crippen molar-refractivity contribution in [3.05, 3.63) is 34.7 Å². The largest absolute Gasteiger partial charge is 0.325 e. The molecule has 0 bridgehead atoms. The van der Waals surface area contributed by atoms with Gasteiger partial charge in [-0.3, -0.25) is 4.79 Å². The van der Waals surface area contributed by atoms with Crippen LogP contribution in [0.2, 0.25) is 0 Å². The predicted molar refractivity (Wildman–Crippen MR) is 51.5 cm³/mol. The van der Waals surface area contributed by atoms with Crippen LogP contribution in [0.5, 0.6) is 0 Å². The van der Waals surface area contributed by atoms with Crippen molar-refractivity contribution in [3.8, 4) is 0 Å².